The van der Waals surface area contributed by atoms with E-state index < -0.39 is 0 Å². The molecule has 0 heterocycles. The quantitative estimate of drug-likeness (QED) is 0.643. The van der Waals surface area contributed by atoms with Gasteiger partial charge >= 0.3 is 5.97 Å². The van der Waals surface area contributed by atoms with Gasteiger partial charge < -0.3 is 15.4 Å². The van der Waals surface area contributed by atoms with Gasteiger partial charge in [-0.15, -0.1) is 0 Å². The molecule has 0 radical (unpaired) electrons. The minimum absolute atomic E-state index is 0.387. The number of benzene rings is 1. The van der Waals surface area contributed by atoms with Crippen molar-refractivity contribution in [2.45, 2.75) is 27.2 Å². The highest BCUT2D eigenvalue weighted by molar-refractivity contribution is 6.34. The zero-order valence-electron chi connectivity index (χ0n) is 11.7. The van der Waals surface area contributed by atoms with Crippen molar-refractivity contribution in [1.82, 2.24) is 0 Å². The first-order valence-electron chi connectivity index (χ1n) is 6.56. The van der Waals surface area contributed by atoms with Gasteiger partial charge in [0.2, 0.25) is 0 Å². The number of hydrogen-bond acceptors (Lipinski definition) is 4. The Kier molecular flexibility index (Phi) is 5.96. The topological polar surface area (TPSA) is 55.6 Å². The highest BCUT2D eigenvalue weighted by Crippen LogP contribution is 2.33. The average Bonchev–Trinajstić information content (AvgIpc) is 2.39. The Morgan fingerprint density at radius 2 is 1.95 bits per heavy atom. The summed E-state index contributed by atoms with van der Waals surface area (Å²) in [5.74, 6) is -0.387. The Labute approximate surface area is 119 Å². The fraction of sp³-hybridized carbons (Fsp3) is 0.500. The third-order valence-corrected chi connectivity index (χ3v) is 3.13. The summed E-state index contributed by atoms with van der Waals surface area (Å²) in [6, 6.07) is 3.24. The van der Waals surface area contributed by atoms with Gasteiger partial charge in [-0.2, -0.15) is 0 Å². The number of nitrogen functional groups attached to an aromatic ring is 1. The van der Waals surface area contributed by atoms with E-state index in [9.17, 15) is 4.79 Å². The first-order chi connectivity index (χ1) is 9.04. The normalized spacial score (nSPS) is 10.3. The van der Waals surface area contributed by atoms with Gasteiger partial charge in [-0.05, 0) is 32.4 Å². The van der Waals surface area contributed by atoms with Gasteiger partial charge in [0.1, 0.15) is 0 Å². The second-order valence-corrected chi connectivity index (χ2v) is 4.61. The molecule has 0 amide bonds. The van der Waals surface area contributed by atoms with Crippen LogP contribution in [0.5, 0.6) is 0 Å². The van der Waals surface area contributed by atoms with Crippen LogP contribution in [0, 0.1) is 0 Å². The summed E-state index contributed by atoms with van der Waals surface area (Å²) < 4.78 is 5.07. The molecular weight excluding hydrogens is 264 g/mol. The SMILES string of the molecule is CCCOC(=O)c1cc(N)c(N(CC)CC)c(Cl)c1. The van der Waals surface area contributed by atoms with Gasteiger partial charge in [-0.3, -0.25) is 0 Å². The van der Waals surface area contributed by atoms with E-state index in [4.69, 9.17) is 22.1 Å². The molecule has 0 fully saturated rings. The summed E-state index contributed by atoms with van der Waals surface area (Å²) in [4.78, 5) is 13.8. The van der Waals surface area contributed by atoms with E-state index in [1.165, 1.54) is 0 Å². The zero-order valence-corrected chi connectivity index (χ0v) is 12.5. The van der Waals surface area contributed by atoms with E-state index in [0.717, 1.165) is 25.2 Å². The van der Waals surface area contributed by atoms with Crippen molar-refractivity contribution in [3.63, 3.8) is 0 Å². The molecule has 0 saturated heterocycles. The lowest BCUT2D eigenvalue weighted by Crippen LogP contribution is -2.23. The largest absolute Gasteiger partial charge is 0.462 e. The van der Waals surface area contributed by atoms with Crippen molar-refractivity contribution in [2.24, 2.45) is 0 Å². The second-order valence-electron chi connectivity index (χ2n) is 4.20. The molecule has 0 atom stereocenters. The van der Waals surface area contributed by atoms with Gasteiger partial charge in [0.05, 0.1) is 28.6 Å². The predicted molar refractivity (Wildman–Crippen MR) is 80.0 cm³/mol. The number of nitrogens with two attached hydrogens (primary N) is 1. The lowest BCUT2D eigenvalue weighted by molar-refractivity contribution is 0.0505. The molecule has 0 spiro atoms. The Morgan fingerprint density at radius 1 is 1.32 bits per heavy atom. The van der Waals surface area contributed by atoms with Crippen molar-refractivity contribution in [3.05, 3.63) is 22.7 Å². The number of anilines is 2. The molecule has 4 nitrogen and oxygen atoms in total. The molecule has 0 unspecified atom stereocenters. The summed E-state index contributed by atoms with van der Waals surface area (Å²) >= 11 is 6.24. The van der Waals surface area contributed by atoms with Crippen LogP contribution in [0.4, 0.5) is 11.4 Å². The first-order valence-corrected chi connectivity index (χ1v) is 6.93. The number of carbonyl (C=O) groups excluding carboxylic acids is 1. The van der Waals surface area contributed by atoms with Crippen LogP contribution in [0.15, 0.2) is 12.1 Å². The highest BCUT2D eigenvalue weighted by Gasteiger charge is 2.16. The van der Waals surface area contributed by atoms with Crippen molar-refractivity contribution in [2.75, 3.05) is 30.3 Å². The number of nitrogens with zero attached hydrogens (tertiary/aromatic N) is 1. The smallest absolute Gasteiger partial charge is 0.338 e. The summed E-state index contributed by atoms with van der Waals surface area (Å²) in [5.41, 5.74) is 7.68. The molecule has 19 heavy (non-hydrogen) atoms. The molecule has 0 saturated carbocycles. The molecule has 1 rings (SSSR count). The van der Waals surface area contributed by atoms with E-state index >= 15 is 0 Å². The summed E-state index contributed by atoms with van der Waals surface area (Å²) in [7, 11) is 0. The van der Waals surface area contributed by atoms with Crippen LogP contribution in [-0.2, 0) is 4.74 Å². The molecule has 0 aliphatic carbocycles. The van der Waals surface area contributed by atoms with E-state index in [-0.39, 0.29) is 5.97 Å². The molecule has 5 heteroatoms. The van der Waals surface area contributed by atoms with Crippen LogP contribution >= 0.6 is 11.6 Å². The molecule has 1 aromatic rings. The van der Waals surface area contributed by atoms with Crippen molar-refractivity contribution in [3.8, 4) is 0 Å². The highest BCUT2D eigenvalue weighted by atomic mass is 35.5. The zero-order chi connectivity index (χ0) is 14.4. The van der Waals surface area contributed by atoms with Gasteiger partial charge in [0, 0.05) is 13.1 Å². The van der Waals surface area contributed by atoms with Crippen molar-refractivity contribution >= 4 is 28.9 Å². The van der Waals surface area contributed by atoms with Crippen LogP contribution in [0.2, 0.25) is 5.02 Å². The molecule has 0 aliphatic heterocycles. The Hall–Kier alpha value is -1.42. The van der Waals surface area contributed by atoms with E-state index in [1.807, 2.05) is 20.8 Å². The summed E-state index contributed by atoms with van der Waals surface area (Å²) in [5, 5.41) is 0.479. The Morgan fingerprint density at radius 3 is 2.42 bits per heavy atom. The number of esters is 1. The third-order valence-electron chi connectivity index (χ3n) is 2.85. The monoisotopic (exact) mass is 284 g/mol. The second kappa shape index (κ2) is 7.24. The van der Waals surface area contributed by atoms with Crippen molar-refractivity contribution in [1.29, 1.82) is 0 Å². The third kappa shape index (κ3) is 3.77. The molecule has 0 aromatic heterocycles. The fourth-order valence-corrected chi connectivity index (χ4v) is 2.24. The number of halogens is 1. The van der Waals surface area contributed by atoms with Gasteiger partial charge in [0.25, 0.3) is 0 Å². The van der Waals surface area contributed by atoms with E-state index in [0.29, 0.717) is 22.9 Å². The summed E-state index contributed by atoms with van der Waals surface area (Å²) in [6.07, 6.45) is 0.784. The minimum atomic E-state index is -0.387. The maximum Gasteiger partial charge on any atom is 0.338 e. The lowest BCUT2D eigenvalue weighted by Gasteiger charge is -2.24. The maximum atomic E-state index is 11.8. The number of rotatable bonds is 6. The number of ether oxygens (including phenoxy) is 1. The van der Waals surface area contributed by atoms with Crippen LogP contribution in [0.1, 0.15) is 37.6 Å². The number of carbonyl (C=O) groups is 1. The molecule has 106 valence electrons. The van der Waals surface area contributed by atoms with Crippen molar-refractivity contribution < 1.29 is 9.53 Å². The van der Waals surface area contributed by atoms with Gasteiger partial charge in [0.15, 0.2) is 0 Å². The lowest BCUT2D eigenvalue weighted by atomic mass is 10.1. The Bertz CT molecular complexity index is 422. The van der Waals surface area contributed by atoms with Crippen LogP contribution in [0.3, 0.4) is 0 Å². The van der Waals surface area contributed by atoms with Crippen LogP contribution < -0.4 is 10.6 Å². The molecule has 0 bridgehead atoms. The maximum absolute atomic E-state index is 11.8. The van der Waals surface area contributed by atoms with Gasteiger partial charge in [-0.25, -0.2) is 4.79 Å². The fourth-order valence-electron chi connectivity index (χ4n) is 1.89. The molecule has 2 N–H and O–H groups in total. The standard InChI is InChI=1S/C14H21ClN2O2/c1-4-7-19-14(18)10-8-11(15)13(12(16)9-10)17(5-2)6-3/h8-9H,4-7,16H2,1-3H3. The minimum Gasteiger partial charge on any atom is -0.462 e. The van der Waals surface area contributed by atoms with Crippen LogP contribution in [-0.4, -0.2) is 25.7 Å². The predicted octanol–water partition coefficient (Wildman–Crippen LogP) is 3.34. The van der Waals surface area contributed by atoms with Crippen LogP contribution in [0.25, 0.3) is 0 Å². The molecule has 1 aromatic carbocycles. The van der Waals surface area contributed by atoms with E-state index in [1.54, 1.807) is 12.1 Å². The molecule has 0 aliphatic rings. The summed E-state index contributed by atoms with van der Waals surface area (Å²) in [6.45, 7) is 8.01. The van der Waals surface area contributed by atoms with E-state index in [2.05, 4.69) is 4.90 Å². The number of hydrogen-bond donors (Lipinski definition) is 1. The average molecular weight is 285 g/mol. The first kappa shape index (κ1) is 15.6. The molecular formula is C14H21ClN2O2. The Balaban J connectivity index is 3.06. The van der Waals surface area contributed by atoms with Gasteiger partial charge in [-0.1, -0.05) is 18.5 Å².